The van der Waals surface area contributed by atoms with Crippen LogP contribution in [0.5, 0.6) is 5.75 Å². The molecule has 3 nitrogen and oxygen atoms in total. The van der Waals surface area contributed by atoms with Gasteiger partial charge >= 0.3 is 0 Å². The van der Waals surface area contributed by atoms with Crippen molar-refractivity contribution in [1.29, 1.82) is 0 Å². The molecule has 1 aromatic heterocycles. The number of ether oxygens (including phenoxy) is 1. The van der Waals surface area contributed by atoms with Crippen molar-refractivity contribution in [3.05, 3.63) is 38.5 Å². The second-order valence-corrected chi connectivity index (χ2v) is 5.07. The second-order valence-electron chi connectivity index (χ2n) is 2.86. The molecule has 0 aliphatic rings. The van der Waals surface area contributed by atoms with Crippen LogP contribution in [0.15, 0.2) is 22.7 Å². The Balaban J connectivity index is 2.05. The Kier molecular flexibility index (Phi) is 3.73. The maximum absolute atomic E-state index is 12.9. The van der Waals surface area contributed by atoms with Gasteiger partial charge in [0.05, 0.1) is 4.47 Å². The summed E-state index contributed by atoms with van der Waals surface area (Å²) in [6.45, 7) is 0.216. The summed E-state index contributed by atoms with van der Waals surface area (Å²) in [5, 5.41) is 3.80. The van der Waals surface area contributed by atoms with Gasteiger partial charge in [-0.05, 0) is 34.1 Å². The van der Waals surface area contributed by atoms with Gasteiger partial charge < -0.3 is 4.74 Å². The van der Waals surface area contributed by atoms with Crippen LogP contribution in [0.1, 0.15) is 5.69 Å². The molecule has 0 spiro atoms. The molecule has 0 N–H and O–H groups in total. The normalized spacial score (nSPS) is 10.4. The molecular formula is C9H5BrClFN2OS. The van der Waals surface area contributed by atoms with Crippen LogP contribution in [0.25, 0.3) is 0 Å². The topological polar surface area (TPSA) is 35.0 Å². The monoisotopic (exact) mass is 322 g/mol. The largest absolute Gasteiger partial charge is 0.487 e. The van der Waals surface area contributed by atoms with Crippen LogP contribution in [0.3, 0.4) is 0 Å². The molecule has 0 aliphatic heterocycles. The van der Waals surface area contributed by atoms with Crippen LogP contribution in [0.4, 0.5) is 4.39 Å². The fraction of sp³-hybridized carbons (Fsp3) is 0.111. The lowest BCUT2D eigenvalue weighted by Crippen LogP contribution is -1.96. The average Bonchev–Trinajstić information content (AvgIpc) is 2.66. The standard InChI is InChI=1S/C9H5BrClFN2OS/c10-6-3-5(1-2-7(6)12)15-4-8-9(11)16-14-13-8/h1-3H,4H2. The summed E-state index contributed by atoms with van der Waals surface area (Å²) in [7, 11) is 0. The number of hydrogen-bond acceptors (Lipinski definition) is 4. The van der Waals surface area contributed by atoms with Crippen LogP contribution in [0.2, 0.25) is 4.34 Å². The summed E-state index contributed by atoms with van der Waals surface area (Å²) in [4.78, 5) is 0. The number of nitrogens with zero attached hydrogens (tertiary/aromatic N) is 2. The van der Waals surface area contributed by atoms with E-state index < -0.39 is 0 Å². The number of hydrogen-bond donors (Lipinski definition) is 0. The van der Waals surface area contributed by atoms with E-state index in [1.54, 1.807) is 6.07 Å². The van der Waals surface area contributed by atoms with Gasteiger partial charge in [0.15, 0.2) is 0 Å². The summed E-state index contributed by atoms with van der Waals surface area (Å²) < 4.78 is 22.9. The van der Waals surface area contributed by atoms with Crippen LogP contribution in [-0.2, 0) is 6.61 Å². The highest BCUT2D eigenvalue weighted by atomic mass is 79.9. The van der Waals surface area contributed by atoms with Gasteiger partial charge in [-0.25, -0.2) is 4.39 Å². The maximum Gasteiger partial charge on any atom is 0.141 e. The Bertz CT molecular complexity index is 508. The molecule has 7 heteroatoms. The third kappa shape index (κ3) is 2.69. The van der Waals surface area contributed by atoms with Gasteiger partial charge in [-0.15, -0.1) is 5.10 Å². The van der Waals surface area contributed by atoms with E-state index in [1.807, 2.05) is 0 Å². The molecule has 16 heavy (non-hydrogen) atoms. The Morgan fingerprint density at radius 1 is 1.50 bits per heavy atom. The first kappa shape index (κ1) is 11.8. The van der Waals surface area contributed by atoms with Crippen molar-refractivity contribution in [3.63, 3.8) is 0 Å². The third-order valence-corrected chi connectivity index (χ3v) is 3.37. The van der Waals surface area contributed by atoms with Gasteiger partial charge in [-0.1, -0.05) is 16.1 Å². The van der Waals surface area contributed by atoms with Crippen molar-refractivity contribution in [3.8, 4) is 5.75 Å². The van der Waals surface area contributed by atoms with Gasteiger partial charge in [0.1, 0.15) is 28.2 Å². The highest BCUT2D eigenvalue weighted by Gasteiger charge is 2.07. The fourth-order valence-electron chi connectivity index (χ4n) is 1.00. The molecule has 2 rings (SSSR count). The lowest BCUT2D eigenvalue weighted by Gasteiger charge is -2.04. The third-order valence-electron chi connectivity index (χ3n) is 1.78. The van der Waals surface area contributed by atoms with E-state index in [2.05, 4.69) is 25.5 Å². The highest BCUT2D eigenvalue weighted by molar-refractivity contribution is 9.10. The Morgan fingerprint density at radius 2 is 2.31 bits per heavy atom. The first-order valence-corrected chi connectivity index (χ1v) is 6.16. The van der Waals surface area contributed by atoms with Crippen molar-refractivity contribution >= 4 is 39.1 Å². The van der Waals surface area contributed by atoms with E-state index in [0.29, 0.717) is 20.3 Å². The zero-order chi connectivity index (χ0) is 11.5. The van der Waals surface area contributed by atoms with Crippen molar-refractivity contribution in [2.45, 2.75) is 6.61 Å². The average molecular weight is 324 g/mol. The van der Waals surface area contributed by atoms with E-state index >= 15 is 0 Å². The van der Waals surface area contributed by atoms with Gasteiger partial charge in [0.2, 0.25) is 0 Å². The molecule has 0 unspecified atom stereocenters. The highest BCUT2D eigenvalue weighted by Crippen LogP contribution is 2.23. The quantitative estimate of drug-likeness (QED) is 0.864. The Morgan fingerprint density at radius 3 is 2.94 bits per heavy atom. The Labute approximate surface area is 108 Å². The molecule has 84 valence electrons. The maximum atomic E-state index is 12.9. The van der Waals surface area contributed by atoms with Crippen LogP contribution >= 0.6 is 39.1 Å². The lowest BCUT2D eigenvalue weighted by molar-refractivity contribution is 0.300. The number of halogens is 3. The molecule has 0 radical (unpaired) electrons. The predicted molar refractivity (Wildman–Crippen MR) is 63.4 cm³/mol. The minimum absolute atomic E-state index is 0.216. The first-order valence-electron chi connectivity index (χ1n) is 4.21. The van der Waals surface area contributed by atoms with Gasteiger partial charge in [-0.3, -0.25) is 0 Å². The summed E-state index contributed by atoms with van der Waals surface area (Å²) in [6.07, 6.45) is 0. The number of aromatic nitrogens is 2. The number of rotatable bonds is 3. The van der Waals surface area contributed by atoms with Crippen LogP contribution < -0.4 is 4.74 Å². The minimum atomic E-state index is -0.333. The van der Waals surface area contributed by atoms with E-state index in [-0.39, 0.29) is 12.4 Å². The molecule has 1 heterocycles. The molecule has 0 fully saturated rings. The SMILES string of the molecule is Fc1ccc(OCc2nnsc2Cl)cc1Br. The summed E-state index contributed by atoms with van der Waals surface area (Å²) in [5.74, 6) is 0.207. The molecule has 1 aromatic carbocycles. The number of benzene rings is 1. The molecule has 0 bridgehead atoms. The molecule has 0 saturated heterocycles. The van der Waals surface area contributed by atoms with Crippen LogP contribution in [0, 0.1) is 5.82 Å². The van der Waals surface area contributed by atoms with Gasteiger partial charge in [0, 0.05) is 11.5 Å². The van der Waals surface area contributed by atoms with Gasteiger partial charge in [0.25, 0.3) is 0 Å². The van der Waals surface area contributed by atoms with Crippen molar-refractivity contribution in [2.75, 3.05) is 0 Å². The molecule has 0 atom stereocenters. The van der Waals surface area contributed by atoms with Gasteiger partial charge in [-0.2, -0.15) is 0 Å². The Hall–Kier alpha value is -0.720. The van der Waals surface area contributed by atoms with E-state index in [0.717, 1.165) is 11.5 Å². The second kappa shape index (κ2) is 5.07. The minimum Gasteiger partial charge on any atom is -0.487 e. The smallest absolute Gasteiger partial charge is 0.141 e. The lowest BCUT2D eigenvalue weighted by atomic mass is 10.3. The van der Waals surface area contributed by atoms with Crippen molar-refractivity contribution < 1.29 is 9.13 Å². The summed E-state index contributed by atoms with van der Waals surface area (Å²) in [6, 6.07) is 4.40. The van der Waals surface area contributed by atoms with E-state index in [4.69, 9.17) is 16.3 Å². The zero-order valence-electron chi connectivity index (χ0n) is 7.78. The zero-order valence-corrected chi connectivity index (χ0v) is 10.9. The summed E-state index contributed by atoms with van der Waals surface area (Å²) in [5.41, 5.74) is 0.576. The first-order chi connectivity index (χ1) is 7.66. The molecule has 0 amide bonds. The molecular weight excluding hydrogens is 319 g/mol. The summed E-state index contributed by atoms with van der Waals surface area (Å²) >= 11 is 9.98. The van der Waals surface area contributed by atoms with Crippen LogP contribution in [-0.4, -0.2) is 9.59 Å². The van der Waals surface area contributed by atoms with E-state index in [1.165, 1.54) is 12.1 Å². The van der Waals surface area contributed by atoms with Crippen molar-refractivity contribution in [1.82, 2.24) is 9.59 Å². The molecule has 0 saturated carbocycles. The fourth-order valence-corrected chi connectivity index (χ4v) is 1.96. The molecule has 2 aromatic rings. The van der Waals surface area contributed by atoms with E-state index in [9.17, 15) is 4.39 Å². The predicted octanol–water partition coefficient (Wildman–Crippen LogP) is 3.67. The van der Waals surface area contributed by atoms with Crippen molar-refractivity contribution in [2.24, 2.45) is 0 Å². The molecule has 0 aliphatic carbocycles.